The fourth-order valence-electron chi connectivity index (χ4n) is 2.81. The van der Waals surface area contributed by atoms with Crippen LogP contribution in [0, 0.1) is 13.8 Å². The molecule has 1 fully saturated rings. The third-order valence-electron chi connectivity index (χ3n) is 3.88. The number of amides is 1. The van der Waals surface area contributed by atoms with Crippen LogP contribution in [-0.2, 0) is 0 Å². The van der Waals surface area contributed by atoms with Crippen LogP contribution in [0.2, 0.25) is 0 Å². The van der Waals surface area contributed by atoms with Crippen molar-refractivity contribution >= 4 is 5.91 Å². The molecule has 3 heterocycles. The van der Waals surface area contributed by atoms with Crippen molar-refractivity contribution in [1.82, 2.24) is 19.9 Å². The summed E-state index contributed by atoms with van der Waals surface area (Å²) >= 11 is 0. The molecule has 6 nitrogen and oxygen atoms in total. The topological polar surface area (TPSA) is 79.0 Å². The van der Waals surface area contributed by atoms with Crippen molar-refractivity contribution < 1.29 is 4.79 Å². The third kappa shape index (κ3) is 2.77. The molecule has 2 aromatic heterocycles. The number of H-pyrrole nitrogens is 1. The van der Waals surface area contributed by atoms with Crippen molar-refractivity contribution in [2.45, 2.75) is 32.7 Å². The largest absolute Gasteiger partial charge is 0.328 e. The number of aryl methyl sites for hydroxylation is 2. The van der Waals surface area contributed by atoms with Crippen LogP contribution in [0.4, 0.5) is 0 Å². The summed E-state index contributed by atoms with van der Waals surface area (Å²) in [5.74, 6) is 0.495. The van der Waals surface area contributed by atoms with Gasteiger partial charge in [-0.1, -0.05) is 0 Å². The summed E-state index contributed by atoms with van der Waals surface area (Å²) in [5.41, 5.74) is 1.92. The van der Waals surface area contributed by atoms with E-state index in [-0.39, 0.29) is 17.5 Å². The molecule has 1 aliphatic rings. The monoisotopic (exact) mass is 298 g/mol. The van der Waals surface area contributed by atoms with Gasteiger partial charge in [-0.25, -0.2) is 4.98 Å². The zero-order chi connectivity index (χ0) is 15.7. The number of carbonyl (C=O) groups excluding carboxylic acids is 1. The Labute approximate surface area is 128 Å². The van der Waals surface area contributed by atoms with Gasteiger partial charge in [0.1, 0.15) is 5.82 Å². The maximum Gasteiger partial charge on any atom is 0.256 e. The summed E-state index contributed by atoms with van der Waals surface area (Å²) < 4.78 is 0. The van der Waals surface area contributed by atoms with Crippen LogP contribution in [0.15, 0.2) is 29.2 Å². The van der Waals surface area contributed by atoms with Gasteiger partial charge in [-0.15, -0.1) is 0 Å². The number of likely N-dealkylation sites (tertiary alicyclic amines) is 1. The first-order valence-corrected chi connectivity index (χ1v) is 7.36. The van der Waals surface area contributed by atoms with Crippen LogP contribution in [-0.4, -0.2) is 32.3 Å². The molecule has 6 heteroatoms. The highest BCUT2D eigenvalue weighted by Crippen LogP contribution is 2.30. The fourth-order valence-corrected chi connectivity index (χ4v) is 2.81. The smallest absolute Gasteiger partial charge is 0.256 e. The Kier molecular flexibility index (Phi) is 3.75. The number of hydrogen-bond acceptors (Lipinski definition) is 4. The Hall–Kier alpha value is -2.50. The summed E-state index contributed by atoms with van der Waals surface area (Å²) in [6.07, 6.45) is 3.30. The lowest BCUT2D eigenvalue weighted by molar-refractivity contribution is 0.0729. The fraction of sp³-hybridized carbons (Fsp3) is 0.375. The van der Waals surface area contributed by atoms with Crippen LogP contribution in [0.5, 0.6) is 0 Å². The Bertz CT molecular complexity index is 751. The number of carbonyl (C=O) groups is 1. The van der Waals surface area contributed by atoms with Gasteiger partial charge in [0.15, 0.2) is 0 Å². The summed E-state index contributed by atoms with van der Waals surface area (Å²) in [4.78, 5) is 37.4. The number of pyridine rings is 1. The minimum Gasteiger partial charge on any atom is -0.328 e. The van der Waals surface area contributed by atoms with Crippen molar-refractivity contribution in [2.75, 3.05) is 6.54 Å². The normalized spacial score (nSPS) is 17.7. The quantitative estimate of drug-likeness (QED) is 0.916. The van der Waals surface area contributed by atoms with Crippen molar-refractivity contribution in [2.24, 2.45) is 0 Å². The average Bonchev–Trinajstić information content (AvgIpc) is 2.95. The van der Waals surface area contributed by atoms with Gasteiger partial charge in [0, 0.05) is 30.2 Å². The summed E-state index contributed by atoms with van der Waals surface area (Å²) in [6.45, 7) is 4.33. The van der Waals surface area contributed by atoms with Gasteiger partial charge in [0.05, 0.1) is 11.6 Å². The standard InChI is InChI=1S/C16H18N4O2/c1-10-5-6-12(9-17-10)16(22)20-7-3-4-13(20)15-18-11(2)8-14(21)19-15/h5-6,8-9,13H,3-4,7H2,1-2H3,(H,18,19,21). The Morgan fingerprint density at radius 2 is 2.14 bits per heavy atom. The minimum atomic E-state index is -0.182. The molecular formula is C16H18N4O2. The first kappa shape index (κ1) is 14.4. The third-order valence-corrected chi connectivity index (χ3v) is 3.88. The van der Waals surface area contributed by atoms with Gasteiger partial charge in [-0.2, -0.15) is 0 Å². The van der Waals surface area contributed by atoms with E-state index in [2.05, 4.69) is 15.0 Å². The Morgan fingerprint density at radius 1 is 1.32 bits per heavy atom. The van der Waals surface area contributed by atoms with Gasteiger partial charge in [-0.3, -0.25) is 14.6 Å². The van der Waals surface area contributed by atoms with E-state index in [9.17, 15) is 9.59 Å². The van der Waals surface area contributed by atoms with Crippen LogP contribution in [0.3, 0.4) is 0 Å². The lowest BCUT2D eigenvalue weighted by atomic mass is 10.1. The van der Waals surface area contributed by atoms with E-state index in [0.717, 1.165) is 18.5 Å². The lowest BCUT2D eigenvalue weighted by Crippen LogP contribution is -2.32. The predicted molar refractivity (Wildman–Crippen MR) is 81.6 cm³/mol. The van der Waals surface area contributed by atoms with E-state index in [0.29, 0.717) is 23.6 Å². The summed E-state index contributed by atoms with van der Waals surface area (Å²) in [5, 5.41) is 0. The second-order valence-electron chi connectivity index (χ2n) is 5.62. The molecule has 1 amide bonds. The van der Waals surface area contributed by atoms with Crippen LogP contribution < -0.4 is 5.56 Å². The van der Waals surface area contributed by atoms with Gasteiger partial charge in [0.25, 0.3) is 11.5 Å². The number of nitrogens with zero attached hydrogens (tertiary/aromatic N) is 3. The molecule has 22 heavy (non-hydrogen) atoms. The van der Waals surface area contributed by atoms with E-state index < -0.39 is 0 Å². The molecule has 0 aromatic carbocycles. The van der Waals surface area contributed by atoms with Crippen molar-refractivity contribution in [1.29, 1.82) is 0 Å². The molecule has 0 radical (unpaired) electrons. The van der Waals surface area contributed by atoms with Crippen LogP contribution >= 0.6 is 0 Å². The highest BCUT2D eigenvalue weighted by molar-refractivity contribution is 5.94. The van der Waals surface area contributed by atoms with Gasteiger partial charge in [-0.05, 0) is 38.8 Å². The maximum atomic E-state index is 12.7. The zero-order valence-electron chi connectivity index (χ0n) is 12.7. The average molecular weight is 298 g/mol. The minimum absolute atomic E-state index is 0.0702. The SMILES string of the molecule is Cc1ccc(C(=O)N2CCCC2c2nc(C)cc(=O)[nH]2)cn1. The molecular weight excluding hydrogens is 280 g/mol. The van der Waals surface area contributed by atoms with Gasteiger partial charge < -0.3 is 9.88 Å². The lowest BCUT2D eigenvalue weighted by Gasteiger charge is -2.24. The number of aromatic nitrogens is 3. The molecule has 1 unspecified atom stereocenters. The molecule has 1 N–H and O–H groups in total. The van der Waals surface area contributed by atoms with Crippen LogP contribution in [0.1, 0.15) is 46.5 Å². The molecule has 3 rings (SSSR count). The molecule has 2 aromatic rings. The number of aromatic amines is 1. The predicted octanol–water partition coefficient (Wildman–Crippen LogP) is 1.76. The van der Waals surface area contributed by atoms with Crippen molar-refractivity contribution in [3.8, 4) is 0 Å². The zero-order valence-corrected chi connectivity index (χ0v) is 12.7. The molecule has 0 saturated carbocycles. The Balaban J connectivity index is 1.91. The van der Waals surface area contributed by atoms with Crippen molar-refractivity contribution in [3.05, 3.63) is 57.5 Å². The molecule has 1 aliphatic heterocycles. The molecule has 1 saturated heterocycles. The maximum absolute atomic E-state index is 12.7. The van der Waals surface area contributed by atoms with Gasteiger partial charge >= 0.3 is 0 Å². The highest BCUT2D eigenvalue weighted by Gasteiger charge is 2.32. The summed E-state index contributed by atoms with van der Waals surface area (Å²) in [6, 6.07) is 4.88. The van der Waals surface area contributed by atoms with Gasteiger partial charge in [0.2, 0.25) is 0 Å². The van der Waals surface area contributed by atoms with E-state index >= 15 is 0 Å². The van der Waals surface area contributed by atoms with E-state index in [1.807, 2.05) is 13.0 Å². The molecule has 0 spiro atoms. The second-order valence-corrected chi connectivity index (χ2v) is 5.62. The highest BCUT2D eigenvalue weighted by atomic mass is 16.2. The van der Waals surface area contributed by atoms with E-state index in [1.165, 1.54) is 6.07 Å². The molecule has 0 bridgehead atoms. The van der Waals surface area contributed by atoms with E-state index in [4.69, 9.17) is 0 Å². The Morgan fingerprint density at radius 3 is 2.82 bits per heavy atom. The summed E-state index contributed by atoms with van der Waals surface area (Å²) in [7, 11) is 0. The second kappa shape index (κ2) is 5.71. The van der Waals surface area contributed by atoms with Crippen LogP contribution in [0.25, 0.3) is 0 Å². The first-order valence-electron chi connectivity index (χ1n) is 7.36. The first-order chi connectivity index (χ1) is 10.5. The number of rotatable bonds is 2. The number of nitrogens with one attached hydrogen (secondary N) is 1. The van der Waals surface area contributed by atoms with E-state index in [1.54, 1.807) is 24.1 Å². The molecule has 0 aliphatic carbocycles. The van der Waals surface area contributed by atoms with Crippen molar-refractivity contribution in [3.63, 3.8) is 0 Å². The molecule has 1 atom stereocenters. The molecule has 114 valence electrons. The number of hydrogen-bond donors (Lipinski definition) is 1.